The Morgan fingerprint density at radius 3 is 0.139 bits per heavy atom. The second-order valence-corrected chi connectivity index (χ2v) is 0. The first-order chi connectivity index (χ1) is 1.00. The standard InChI is InChI=1S/8Mo.H2O2.26H2O/c;;;;;;;;1-2;;;;;;;;;;;;;;;;;;;;;;;;;;/h;;;;;;;;1-2H;26*1H2/p+4. The van der Waals surface area contributed by atoms with Crippen LogP contribution >= 0.6 is 0 Å². The summed E-state index contributed by atoms with van der Waals surface area (Å²) in [5.74, 6) is 0. The maximum absolute atomic E-state index is 6.00. The van der Waals surface area contributed by atoms with E-state index < -0.39 is 0 Å². The molecule has 0 amide bonds. The summed E-state index contributed by atoms with van der Waals surface area (Å²) < 4.78 is 0. The van der Waals surface area contributed by atoms with Crippen LogP contribution in [0.2, 0.25) is 0 Å². The Kier molecular flexibility index (Phi) is 181000. The minimum Gasteiger partial charge on any atom is -0.457 e. The van der Waals surface area contributed by atoms with Gasteiger partial charge in [-0.3, -0.25) is 10.5 Å². The van der Waals surface area contributed by atoms with Crippen LogP contribution in [0.5, 0.6) is 0 Å². The molecule has 0 saturated carbocycles. The first kappa shape index (κ1) is 2160. The number of hydrogen-bond donors (Lipinski definition) is 2. The fourth-order valence-electron chi connectivity index (χ4n) is 0. The predicted octanol–water partition coefficient (Wildman–Crippen LogP) is -21.8. The topological polar surface area (TPSA) is 865 Å². The van der Waals surface area contributed by atoms with Gasteiger partial charge in [0.2, 0.25) is 0 Å². The van der Waals surface area contributed by atoms with E-state index in [9.17, 15) is 0 Å². The molecule has 0 radical (unpaired) electrons. The Morgan fingerprint density at radius 1 is 0.139 bits per heavy atom. The molecule has 270 valence electrons. The molecule has 0 aliphatic carbocycles. The molecule has 0 heterocycles. The molecule has 0 aliphatic heterocycles. The summed E-state index contributed by atoms with van der Waals surface area (Å²) in [7, 11) is 0. The Balaban J connectivity index is -0.00000000000891. The molecule has 0 aliphatic rings. The van der Waals surface area contributed by atoms with Gasteiger partial charge in [-0.25, -0.2) is 0 Å². The molecule has 28 nitrogen and oxygen atoms in total. The zero-order valence-corrected chi connectivity index (χ0v) is 33.5. The van der Waals surface area contributed by atoms with E-state index in [1.165, 1.54) is 0 Å². The minimum atomic E-state index is 0. The van der Waals surface area contributed by atoms with Gasteiger partial charge in [-0.05, 0) is 0 Å². The van der Waals surface area contributed by atoms with Crippen LogP contribution in [0.3, 0.4) is 0 Å². The van der Waals surface area contributed by atoms with E-state index in [2.05, 4.69) is 0 Å². The Bertz CT molecular complexity index is 27.5. The molecule has 0 aromatic heterocycles. The van der Waals surface area contributed by atoms with E-state index in [1.807, 2.05) is 0 Å². The molecule has 36 heavy (non-hydrogen) atoms. The summed E-state index contributed by atoms with van der Waals surface area (Å²) in [6.45, 7) is 0. The van der Waals surface area contributed by atoms with Crippen molar-refractivity contribution in [1.82, 2.24) is 0 Å². The van der Waals surface area contributed by atoms with Gasteiger partial charge < -0.3 is 142 Å². The van der Waals surface area contributed by atoms with Gasteiger partial charge in [0.05, 0.1) is 0 Å². The maximum atomic E-state index is 6.00. The molecule has 0 bridgehead atoms. The van der Waals surface area contributed by atoms with E-state index in [0.717, 1.165) is 0 Å². The van der Waals surface area contributed by atoms with Crippen LogP contribution in [0.4, 0.5) is 0 Å². The van der Waals surface area contributed by atoms with Gasteiger partial charge in [-0.15, -0.1) is 0 Å². The van der Waals surface area contributed by atoms with E-state index in [-0.39, 0.29) is 311 Å². The summed E-state index contributed by atoms with van der Waals surface area (Å²) in [4.78, 5) is 0. The molecule has 36 heteroatoms. The summed E-state index contributed by atoms with van der Waals surface area (Å²) in [6, 6.07) is 0. The normalized spacial score (nSPS) is 0.167. The van der Waals surface area contributed by atoms with Gasteiger partial charge >= 0.3 is 0 Å². The molecule has 58 N–H and O–H groups in total. The second-order valence-electron chi connectivity index (χ2n) is 0. The largest absolute Gasteiger partial charge is 0.457 e. The number of rotatable bonds is 0. The molecular formula is H58Mo8O28+4. The van der Waals surface area contributed by atoms with Gasteiger partial charge in [0.15, 0.2) is 0 Å². The van der Waals surface area contributed by atoms with Crippen molar-refractivity contribution in [3.63, 3.8) is 0 Å². The average molecular weight is 1270 g/mol. The molecule has 0 atom stereocenters. The van der Waals surface area contributed by atoms with Crippen molar-refractivity contribution < 1.29 is 321 Å². The maximum Gasteiger partial charge on any atom is 0 e. The molecule has 0 spiro atoms. The Morgan fingerprint density at radius 2 is 0.139 bits per heavy atom. The molecule has 0 saturated heterocycles. The van der Waals surface area contributed by atoms with Crippen LogP contribution in [0, 0.1) is 0 Å². The van der Waals surface area contributed by atoms with Crippen LogP contribution in [-0.2, 0) is 190 Å². The van der Waals surface area contributed by atoms with Gasteiger partial charge in [-0.2, -0.15) is 0 Å². The van der Waals surface area contributed by atoms with E-state index >= 15 is 0 Å². The van der Waals surface area contributed by atoms with Crippen molar-refractivity contribution in [2.45, 2.75) is 0 Å². The van der Waals surface area contributed by atoms with Crippen LogP contribution < -0.4 is 0 Å². The van der Waals surface area contributed by atoms with Gasteiger partial charge in [0.25, 0.3) is 0 Å². The van der Waals surface area contributed by atoms with E-state index in [1.54, 1.807) is 0 Å². The van der Waals surface area contributed by atoms with Crippen molar-refractivity contribution in [3.05, 3.63) is 0 Å². The quantitative estimate of drug-likeness (QED) is 0.103. The molecule has 0 rings (SSSR count). The van der Waals surface area contributed by atoms with Crippen molar-refractivity contribution in [3.8, 4) is 0 Å². The zero-order valence-electron chi connectivity index (χ0n) is 17.5. The fourth-order valence-corrected chi connectivity index (χ4v) is 0. The van der Waals surface area contributed by atoms with Crippen molar-refractivity contribution in [2.75, 3.05) is 0 Å². The smallest absolute Gasteiger partial charge is 0 e. The third kappa shape index (κ3) is 2790. The van der Waals surface area contributed by atoms with Crippen LogP contribution in [-0.4, -0.2) is 131 Å². The Labute approximate surface area is 317 Å². The van der Waals surface area contributed by atoms with E-state index in [4.69, 9.17) is 10.5 Å². The number of hydrogen-bond acceptors (Lipinski definition) is 2. The van der Waals surface area contributed by atoms with Crippen LogP contribution in [0.15, 0.2) is 0 Å². The van der Waals surface area contributed by atoms with Crippen molar-refractivity contribution >= 4 is 0 Å². The first-order valence-corrected chi connectivity index (χ1v) is 0.200. The summed E-state index contributed by atoms with van der Waals surface area (Å²) in [5, 5.41) is 12.0. The third-order valence-corrected chi connectivity index (χ3v) is 0. The fraction of sp³-hybridized carbons (Fsp3) is 0. The molecule has 0 fully saturated rings. The predicted molar refractivity (Wildman–Crippen MR) is 104 cm³/mol. The van der Waals surface area contributed by atoms with Gasteiger partial charge in [0, 0.05) is 169 Å². The minimum absolute atomic E-state index is 0. The monoisotopic (exact) mass is 1290 g/mol. The molecule has 0 unspecified atom stereocenters. The van der Waals surface area contributed by atoms with Crippen LogP contribution in [0.25, 0.3) is 0 Å². The van der Waals surface area contributed by atoms with E-state index in [0.29, 0.717) is 0 Å². The summed E-state index contributed by atoms with van der Waals surface area (Å²) >= 11 is 0. The summed E-state index contributed by atoms with van der Waals surface area (Å²) in [6.07, 6.45) is 0. The SMILES string of the molecule is O.O.O.O.O.O.O.O.O.O.O.O.O.O.O.O.O.O.O.O.O.O.OO.[Mo].[Mo].[Mo].[Mo].[Mo].[Mo].[Mo].[Mo].[OH3+].[OH3+].[OH3+].[OH3+]. The molecular weight excluding hydrogens is 1220 g/mol. The third-order valence-electron chi connectivity index (χ3n) is 0. The van der Waals surface area contributed by atoms with Crippen molar-refractivity contribution in [1.29, 1.82) is 0 Å². The summed E-state index contributed by atoms with van der Waals surface area (Å²) in [5.41, 5.74) is 0. The molecule has 0 aromatic rings. The second kappa shape index (κ2) is 3020. The molecule has 0 aromatic carbocycles. The Hall–Kier alpha value is 4.39. The van der Waals surface area contributed by atoms with Crippen molar-refractivity contribution in [2.24, 2.45) is 0 Å². The zero-order chi connectivity index (χ0) is 2.00. The average Bonchev–Trinajstić information content (AvgIpc) is 1.00. The first-order valence-electron chi connectivity index (χ1n) is 0.200. The van der Waals surface area contributed by atoms with Gasteiger partial charge in [-0.1, -0.05) is 0 Å². The van der Waals surface area contributed by atoms with Crippen LogP contribution in [0.1, 0.15) is 0 Å². The van der Waals surface area contributed by atoms with Gasteiger partial charge in [0.1, 0.15) is 0 Å².